The lowest BCUT2D eigenvalue weighted by molar-refractivity contribution is 0.598. The Morgan fingerprint density at radius 2 is 1.93 bits per heavy atom. The van der Waals surface area contributed by atoms with Crippen LogP contribution < -0.4 is 10.5 Å². The van der Waals surface area contributed by atoms with Crippen molar-refractivity contribution in [3.05, 3.63) is 60.4 Å². The highest BCUT2D eigenvalue weighted by Crippen LogP contribution is 2.29. The van der Waals surface area contributed by atoms with Crippen molar-refractivity contribution in [2.24, 2.45) is 12.2 Å². The minimum absolute atomic E-state index is 0.0185. The zero-order valence-electron chi connectivity index (χ0n) is 15.3. The maximum atomic E-state index is 11.6. The number of fused-ring (bicyclic) bond motifs is 1. The highest BCUT2D eigenvalue weighted by atomic mass is 32.2. The van der Waals surface area contributed by atoms with E-state index in [-0.39, 0.29) is 4.90 Å². The summed E-state index contributed by atoms with van der Waals surface area (Å²) in [5, 5.41) is 13.7. The number of nitrogens with one attached hydrogen (secondary N) is 1. The molecule has 0 spiro atoms. The Balaban J connectivity index is 1.76. The predicted octanol–water partition coefficient (Wildman–Crippen LogP) is 2.73. The van der Waals surface area contributed by atoms with E-state index in [9.17, 15) is 8.42 Å². The van der Waals surface area contributed by atoms with Crippen molar-refractivity contribution in [2.75, 3.05) is 5.32 Å². The Hall–Kier alpha value is -3.30. The van der Waals surface area contributed by atoms with E-state index in [0.29, 0.717) is 11.6 Å². The lowest BCUT2D eigenvalue weighted by Crippen LogP contribution is -2.12. The molecule has 0 aliphatic heterocycles. The molecule has 0 amide bonds. The number of aromatic nitrogens is 4. The number of rotatable bonds is 4. The molecule has 0 saturated heterocycles. The van der Waals surface area contributed by atoms with Gasteiger partial charge in [-0.2, -0.15) is 5.10 Å². The molecule has 0 saturated carbocycles. The van der Waals surface area contributed by atoms with Crippen molar-refractivity contribution in [3.8, 4) is 11.3 Å². The summed E-state index contributed by atoms with van der Waals surface area (Å²) in [6.07, 6.45) is 3.68. The molecule has 4 aromatic rings. The maximum absolute atomic E-state index is 11.6. The summed E-state index contributed by atoms with van der Waals surface area (Å²) in [6.45, 7) is 1.94. The van der Waals surface area contributed by atoms with Crippen LogP contribution in [0.2, 0.25) is 0 Å². The molecule has 2 heterocycles. The number of nitrogens with zero attached hydrogens (tertiary/aromatic N) is 4. The van der Waals surface area contributed by atoms with Gasteiger partial charge >= 0.3 is 0 Å². The zero-order valence-corrected chi connectivity index (χ0v) is 16.1. The topological polar surface area (TPSA) is 116 Å². The van der Waals surface area contributed by atoms with Crippen LogP contribution in [-0.4, -0.2) is 28.2 Å². The smallest absolute Gasteiger partial charge is 0.238 e. The maximum Gasteiger partial charge on any atom is 0.238 e. The van der Waals surface area contributed by atoms with Crippen LogP contribution in [0.5, 0.6) is 0 Å². The third-order valence-electron chi connectivity index (χ3n) is 4.31. The van der Waals surface area contributed by atoms with Gasteiger partial charge < -0.3 is 5.32 Å². The number of hydrogen-bond donors (Lipinski definition) is 2. The molecule has 0 bridgehead atoms. The summed E-state index contributed by atoms with van der Waals surface area (Å²) in [5.74, 6) is 0.355. The summed E-state index contributed by atoms with van der Waals surface area (Å²) in [4.78, 5) is 8.98. The van der Waals surface area contributed by atoms with E-state index in [2.05, 4.69) is 20.4 Å². The first-order chi connectivity index (χ1) is 13.3. The Morgan fingerprint density at radius 3 is 2.71 bits per heavy atom. The lowest BCUT2D eigenvalue weighted by Gasteiger charge is -2.10. The van der Waals surface area contributed by atoms with E-state index < -0.39 is 10.0 Å². The standard InChI is InChI=1S/C19H18N6O2S/c1-12-10-21-19(22-13-5-3-6-14(9-13)28(20,26)27)23-18(12)15-7-4-8-17-16(15)11-25(2)24-17/h3-11H,1-2H3,(H2,20,26,27)(H,21,22,23). The largest absolute Gasteiger partial charge is 0.324 e. The van der Waals surface area contributed by atoms with Gasteiger partial charge in [-0.15, -0.1) is 0 Å². The molecule has 4 rings (SSSR count). The van der Waals surface area contributed by atoms with Crippen molar-refractivity contribution in [3.63, 3.8) is 0 Å². The van der Waals surface area contributed by atoms with Crippen molar-refractivity contribution < 1.29 is 8.42 Å². The third-order valence-corrected chi connectivity index (χ3v) is 5.22. The molecule has 28 heavy (non-hydrogen) atoms. The molecule has 2 aromatic carbocycles. The van der Waals surface area contributed by atoms with Crippen LogP contribution in [0.1, 0.15) is 5.56 Å². The summed E-state index contributed by atoms with van der Waals surface area (Å²) in [6, 6.07) is 12.1. The van der Waals surface area contributed by atoms with E-state index in [1.165, 1.54) is 12.1 Å². The molecular formula is C19H18N6O2S. The fourth-order valence-corrected chi connectivity index (χ4v) is 3.58. The highest BCUT2D eigenvalue weighted by molar-refractivity contribution is 7.89. The fraction of sp³-hybridized carbons (Fsp3) is 0.105. The molecule has 0 unspecified atom stereocenters. The van der Waals surface area contributed by atoms with Gasteiger partial charge in [0.2, 0.25) is 16.0 Å². The van der Waals surface area contributed by atoms with Crippen molar-refractivity contribution in [1.29, 1.82) is 0 Å². The van der Waals surface area contributed by atoms with Gasteiger partial charge in [0, 0.05) is 36.1 Å². The van der Waals surface area contributed by atoms with Crippen molar-refractivity contribution in [2.45, 2.75) is 11.8 Å². The van der Waals surface area contributed by atoms with E-state index >= 15 is 0 Å². The van der Waals surface area contributed by atoms with Gasteiger partial charge in [-0.05, 0) is 36.8 Å². The van der Waals surface area contributed by atoms with Gasteiger partial charge in [0.15, 0.2) is 0 Å². The first kappa shape index (κ1) is 18.1. The van der Waals surface area contributed by atoms with Crippen LogP contribution in [0.25, 0.3) is 22.2 Å². The predicted molar refractivity (Wildman–Crippen MR) is 108 cm³/mol. The Labute approximate surface area is 162 Å². The van der Waals surface area contributed by atoms with Gasteiger partial charge in [-0.25, -0.2) is 23.5 Å². The quantitative estimate of drug-likeness (QED) is 0.550. The van der Waals surface area contributed by atoms with Gasteiger partial charge in [-0.3, -0.25) is 4.68 Å². The molecule has 2 aromatic heterocycles. The van der Waals surface area contributed by atoms with Gasteiger partial charge in [0.25, 0.3) is 0 Å². The molecule has 142 valence electrons. The third kappa shape index (κ3) is 3.45. The van der Waals surface area contributed by atoms with E-state index in [4.69, 9.17) is 5.14 Å². The van der Waals surface area contributed by atoms with Gasteiger partial charge in [0.1, 0.15) is 0 Å². The second-order valence-corrected chi connectivity index (χ2v) is 8.03. The number of hydrogen-bond acceptors (Lipinski definition) is 6. The number of sulfonamides is 1. The minimum atomic E-state index is -3.79. The SMILES string of the molecule is Cc1cnc(Nc2cccc(S(N)(=O)=O)c2)nc1-c1cccc2nn(C)cc12. The number of aryl methyl sites for hydroxylation is 2. The second kappa shape index (κ2) is 6.70. The molecule has 8 nitrogen and oxygen atoms in total. The Morgan fingerprint density at radius 1 is 1.14 bits per heavy atom. The van der Waals surface area contributed by atoms with Crippen LogP contribution in [0.4, 0.5) is 11.6 Å². The summed E-state index contributed by atoms with van der Waals surface area (Å²) >= 11 is 0. The summed E-state index contributed by atoms with van der Waals surface area (Å²) in [7, 11) is -1.91. The van der Waals surface area contributed by atoms with Crippen LogP contribution in [0.3, 0.4) is 0 Å². The number of benzene rings is 2. The second-order valence-electron chi connectivity index (χ2n) is 6.46. The number of nitrogens with two attached hydrogens (primary N) is 1. The van der Waals surface area contributed by atoms with Crippen LogP contribution in [-0.2, 0) is 17.1 Å². The molecule has 0 aliphatic carbocycles. The molecule has 0 radical (unpaired) electrons. The van der Waals surface area contributed by atoms with E-state index in [1.807, 2.05) is 38.4 Å². The van der Waals surface area contributed by atoms with E-state index in [1.54, 1.807) is 23.0 Å². The highest BCUT2D eigenvalue weighted by Gasteiger charge is 2.13. The fourth-order valence-electron chi connectivity index (χ4n) is 3.02. The first-order valence-electron chi connectivity index (χ1n) is 8.47. The Bertz CT molecular complexity index is 1300. The minimum Gasteiger partial charge on any atom is -0.324 e. The molecule has 0 atom stereocenters. The average molecular weight is 394 g/mol. The molecule has 0 aliphatic rings. The average Bonchev–Trinajstić information content (AvgIpc) is 3.03. The normalized spacial score (nSPS) is 11.7. The number of anilines is 2. The van der Waals surface area contributed by atoms with Crippen LogP contribution in [0.15, 0.2) is 59.8 Å². The van der Waals surface area contributed by atoms with Gasteiger partial charge in [0.05, 0.1) is 16.1 Å². The lowest BCUT2D eigenvalue weighted by atomic mass is 10.0. The summed E-state index contributed by atoms with van der Waals surface area (Å²) in [5.41, 5.74) is 4.06. The zero-order chi connectivity index (χ0) is 19.9. The summed E-state index contributed by atoms with van der Waals surface area (Å²) < 4.78 is 24.9. The van der Waals surface area contributed by atoms with Crippen LogP contribution in [0, 0.1) is 6.92 Å². The molecular weight excluding hydrogens is 376 g/mol. The molecule has 9 heteroatoms. The van der Waals surface area contributed by atoms with Gasteiger partial charge in [-0.1, -0.05) is 18.2 Å². The van der Waals surface area contributed by atoms with Crippen LogP contribution >= 0.6 is 0 Å². The molecule has 3 N–H and O–H groups in total. The number of primary sulfonamides is 1. The first-order valence-corrected chi connectivity index (χ1v) is 10.0. The molecule has 0 fully saturated rings. The van der Waals surface area contributed by atoms with E-state index in [0.717, 1.165) is 27.7 Å². The van der Waals surface area contributed by atoms with Crippen molar-refractivity contribution >= 4 is 32.6 Å². The Kier molecular flexibility index (Phi) is 4.33. The van der Waals surface area contributed by atoms with Crippen molar-refractivity contribution in [1.82, 2.24) is 19.7 Å². The monoisotopic (exact) mass is 394 g/mol.